The molecule has 1 aromatic heterocycles. The summed E-state index contributed by atoms with van der Waals surface area (Å²) in [5.41, 5.74) is 15.0. The van der Waals surface area contributed by atoms with Crippen LogP contribution in [-0.4, -0.2) is 254 Å². The molecule has 1 saturated carbocycles. The monoisotopic (exact) mass is 1950 g/mol. The molecule has 1 aliphatic heterocycles. The highest BCUT2D eigenvalue weighted by Crippen LogP contribution is 2.32. The highest BCUT2D eigenvalue weighted by molar-refractivity contribution is 6.05. The largest absolute Gasteiger partial charge is 0.481 e. The van der Waals surface area contributed by atoms with Crippen LogP contribution in [0.3, 0.4) is 0 Å². The highest BCUT2D eigenvalue weighted by Gasteiger charge is 2.43. The van der Waals surface area contributed by atoms with E-state index < -0.39 is 235 Å². The number of aromatic nitrogens is 1. The molecule has 1 unspecified atom stereocenters. The number of carboxylic acids is 2. The molecule has 23 N–H and O–H groups in total. The number of aliphatic hydroxyl groups is 1. The van der Waals surface area contributed by atoms with E-state index in [1.165, 1.54) is 58.9 Å². The number of nitrogens with one attached hydrogen (secondary N) is 16. The maximum Gasteiger partial charge on any atom is 0.335 e. The number of H-pyrrole nitrogens is 1. The van der Waals surface area contributed by atoms with E-state index >= 15 is 28.8 Å². The van der Waals surface area contributed by atoms with E-state index in [-0.39, 0.29) is 118 Å². The van der Waals surface area contributed by atoms with Gasteiger partial charge in [0.2, 0.25) is 65.0 Å². The summed E-state index contributed by atoms with van der Waals surface area (Å²) in [7, 11) is 0. The minimum absolute atomic E-state index is 0.0154. The van der Waals surface area contributed by atoms with E-state index in [0.29, 0.717) is 67.0 Å². The molecule has 2 heterocycles. The van der Waals surface area contributed by atoms with Gasteiger partial charge in [-0.1, -0.05) is 145 Å². The third-order valence-corrected chi connectivity index (χ3v) is 25.8. The predicted octanol–water partition coefficient (Wildman–Crippen LogP) is 2.36. The average molecular weight is 1950 g/mol. The summed E-state index contributed by atoms with van der Waals surface area (Å²) in [5, 5.41) is 68.1. The van der Waals surface area contributed by atoms with Gasteiger partial charge in [-0.3, -0.25) is 91.6 Å². The van der Waals surface area contributed by atoms with E-state index in [4.69, 9.17) is 11.5 Å². The zero-order chi connectivity index (χ0) is 104. The first kappa shape index (κ1) is 117. The van der Waals surface area contributed by atoms with Crippen LogP contribution in [0, 0.1) is 17.8 Å². The molecule has 1 fully saturated rings. The van der Waals surface area contributed by atoms with Crippen molar-refractivity contribution in [1.82, 2.24) is 85.0 Å². The van der Waals surface area contributed by atoms with E-state index in [0.717, 1.165) is 19.3 Å². The quantitative estimate of drug-likeness (QED) is 0.0223. The molecule has 6 rings (SSSR count). The topological polar surface area (TPSA) is 633 Å². The van der Waals surface area contributed by atoms with E-state index in [1.54, 1.807) is 95.4 Å². The Hall–Kier alpha value is -12.2. The van der Waals surface area contributed by atoms with Crippen molar-refractivity contribution in [1.29, 1.82) is 0 Å². The molecule has 40 heteroatoms. The van der Waals surface area contributed by atoms with Crippen molar-refractivity contribution in [3.63, 3.8) is 0 Å². The Bertz CT molecular complexity index is 4950. The minimum Gasteiger partial charge on any atom is -0.481 e. The van der Waals surface area contributed by atoms with E-state index in [2.05, 4.69) is 85.0 Å². The van der Waals surface area contributed by atoms with Gasteiger partial charge in [0.25, 0.3) is 0 Å². The minimum atomic E-state index is -2.07. The van der Waals surface area contributed by atoms with Gasteiger partial charge in [-0.25, -0.2) is 15.6 Å². The van der Waals surface area contributed by atoms with Crippen molar-refractivity contribution >= 4 is 123 Å². The van der Waals surface area contributed by atoms with Gasteiger partial charge in [0.05, 0.1) is 79.5 Å². The van der Waals surface area contributed by atoms with Gasteiger partial charge in [-0.2, -0.15) is 0 Å². The molecular formula is C100H148N18O22. The second-order valence-electron chi connectivity index (χ2n) is 38.0. The number of carbonyl (C=O) groups excluding carboxylic acids is 17. The Balaban J connectivity index is 1.38. The van der Waals surface area contributed by atoms with Crippen LogP contribution in [0.15, 0.2) is 97.2 Å². The second kappa shape index (κ2) is 58.1. The molecule has 0 radical (unpaired) electrons. The van der Waals surface area contributed by atoms with Gasteiger partial charge in [-0.05, 0) is 165 Å². The predicted molar refractivity (Wildman–Crippen MR) is 522 cm³/mol. The van der Waals surface area contributed by atoms with Crippen LogP contribution < -0.4 is 91.4 Å². The summed E-state index contributed by atoms with van der Waals surface area (Å²) < 4.78 is 0. The van der Waals surface area contributed by atoms with Crippen LogP contribution in [0.4, 0.5) is 0 Å². The summed E-state index contributed by atoms with van der Waals surface area (Å²) in [6, 6.07) is 3.93. The fourth-order valence-electron chi connectivity index (χ4n) is 16.3. The molecule has 4 aromatic rings. The number of hydrogen-bond acceptors (Lipinski definition) is 26. The van der Waals surface area contributed by atoms with Gasteiger partial charge >= 0.3 is 11.9 Å². The average Bonchev–Trinajstić information content (AvgIpc) is 1.52. The summed E-state index contributed by atoms with van der Waals surface area (Å²) in [6.45, 7) is 17.5. The van der Waals surface area contributed by atoms with E-state index in [1.807, 2.05) is 26.0 Å². The van der Waals surface area contributed by atoms with Crippen molar-refractivity contribution in [3.05, 3.63) is 119 Å². The smallest absolute Gasteiger partial charge is 0.335 e. The van der Waals surface area contributed by atoms with Crippen LogP contribution in [0.5, 0.6) is 0 Å². The van der Waals surface area contributed by atoms with Crippen molar-refractivity contribution in [2.24, 2.45) is 29.2 Å². The number of ketones is 6. The van der Waals surface area contributed by atoms with Crippen molar-refractivity contribution in [3.8, 4) is 0 Å². The van der Waals surface area contributed by atoms with Crippen molar-refractivity contribution < 1.29 is 106 Å². The van der Waals surface area contributed by atoms with Gasteiger partial charge in [0, 0.05) is 69.1 Å². The molecule has 0 bridgehead atoms. The number of fused-ring (bicyclic) bond motifs is 1. The van der Waals surface area contributed by atoms with Gasteiger partial charge in [0.1, 0.15) is 47.8 Å². The number of nitrogens with two attached hydrogens (primary N) is 2. The number of hydrogen-bond donors (Lipinski definition) is 21. The Morgan fingerprint density at radius 1 is 0.557 bits per heavy atom. The molecule has 40 nitrogen and oxygen atoms in total. The number of benzene rings is 3. The highest BCUT2D eigenvalue weighted by atomic mass is 16.4. The number of aromatic amines is 1. The van der Waals surface area contributed by atoms with Crippen LogP contribution in [0.2, 0.25) is 0 Å². The molecule has 140 heavy (non-hydrogen) atoms. The van der Waals surface area contributed by atoms with Gasteiger partial charge < -0.3 is 95.6 Å². The fourth-order valence-corrected chi connectivity index (χ4v) is 16.3. The molecule has 17 atom stereocenters. The number of hydrazine groups is 1. The Kier molecular flexibility index (Phi) is 48.4. The number of carboxylic acid groups (broad SMARTS) is 2. The number of rotatable bonds is 43. The molecular weight excluding hydrogens is 1810 g/mol. The molecule has 3 aromatic carbocycles. The molecule has 11 amide bonds. The molecule has 770 valence electrons. The molecule has 2 aliphatic rings. The first-order chi connectivity index (χ1) is 66.2. The number of aliphatic hydroxyl groups excluding tert-OH is 1. The van der Waals surface area contributed by atoms with Gasteiger partial charge in [0.15, 0.2) is 34.7 Å². The maximum absolute atomic E-state index is 15.6. The molecule has 1 aliphatic carbocycles. The van der Waals surface area contributed by atoms with Crippen LogP contribution in [-0.2, 0) is 106 Å². The zero-order valence-corrected chi connectivity index (χ0v) is 82.6. The number of allylic oxidation sites excluding steroid dienone is 2. The zero-order valence-electron chi connectivity index (χ0n) is 82.6. The number of primary amides is 2. The van der Waals surface area contributed by atoms with Gasteiger partial charge in [-0.15, -0.1) is 0 Å². The summed E-state index contributed by atoms with van der Waals surface area (Å²) in [4.78, 5) is 269. The number of Topliss-reactive ketones (excluding diaryl/α,β-unsaturated/α-hetero) is 6. The number of aromatic carboxylic acids is 1. The first-order valence-electron chi connectivity index (χ1n) is 48.6. The van der Waals surface area contributed by atoms with Crippen LogP contribution in [0.25, 0.3) is 10.9 Å². The first-order valence-corrected chi connectivity index (χ1v) is 48.6. The fraction of sp³-hybridized carbons (Fsp3) is 0.590. The Morgan fingerprint density at radius 2 is 1.19 bits per heavy atom. The number of carbonyl (C=O) groups is 19. The standard InChI is InChI=1S/C100H148N18O22/c1-13-58(4)87(95(136)108-62(8)89(102)130)107-54-82(124)61(7)103-46-43-79(121)59(5)105-56-84(126)99(11)44-26-19-17-15-14-16-18-20-27-45-100(12,116-93(134)77(48-65-29-22-21-23-30-65)112-96(137)88(63(9)119)114-92(133)75(47-57(2)3)109-64(10)120)98(140)113-73(40-42-86(128)129)90(131)111-76(49-67-35-37-68(38-36-67)97(138)139)91(132)110-74(51-69-53-106-71-34-25-24-33-70(69)71)83(125)55-104-60(6)80(122)52-81(123)72(39-41-85(101)127)117-118-78(94(135)115-99)50-66-31-28-32-66/h15,17,21-25,29-30,33-38,53,57-63,66,72-78,87-88,103-107,117-119H,13-14,16,18-20,26-28,31-32,39-52,54-56H2,1-12H3,(H2,101,127)(H2,102,130)(H,108,136)(H,109,120)(H,110,132)(H,111,131)(H,112,137)(H,113,140)(H,114,133)(H,115,135)(H,116,134)(H,128,129)(H,138,139)/b17-15+/t58?,59-,60-,61-,62+,63+,72-,73-,74-,75-,76-,77-,78-,87-,88-,99-,100+/m0/s1. The lowest BCUT2D eigenvalue weighted by atomic mass is 9.80. The lowest BCUT2D eigenvalue weighted by Gasteiger charge is -2.35. The van der Waals surface area contributed by atoms with Crippen molar-refractivity contribution in [2.45, 2.75) is 333 Å². The number of aliphatic carboxylic acids is 1. The second-order valence-corrected chi connectivity index (χ2v) is 38.0. The maximum atomic E-state index is 15.6. The van der Waals surface area contributed by atoms with Crippen molar-refractivity contribution in [2.75, 3.05) is 26.2 Å². The Morgan fingerprint density at radius 3 is 1.81 bits per heavy atom. The van der Waals surface area contributed by atoms with Crippen LogP contribution in [0.1, 0.15) is 245 Å². The van der Waals surface area contributed by atoms with Crippen LogP contribution >= 0.6 is 0 Å². The summed E-state index contributed by atoms with van der Waals surface area (Å²) in [6.07, 6.45) is 6.14. The lowest BCUT2D eigenvalue weighted by Crippen LogP contribution is -2.65. The third kappa shape index (κ3) is 39.1. The molecule has 0 spiro atoms. The summed E-state index contributed by atoms with van der Waals surface area (Å²) >= 11 is 0. The normalized spacial score (nSPS) is 22.6. The third-order valence-electron chi connectivity index (χ3n) is 25.8. The number of amides is 11. The summed E-state index contributed by atoms with van der Waals surface area (Å²) in [5.74, 6) is -15.7. The number of para-hydroxylation sites is 1. The SMILES string of the molecule is CCC(C)[C@H](NCC(=O)[C@H](C)NCCC(=O)[C@H](C)NCC(=O)[C@]1(C)CCC/C=C/CCCCCC[C@@](C)(NC(=O)[C@H](Cc2ccccc2)NC(=O)[C@@H](NC(=O)[C@H](CC(C)C)NC(C)=O)[C@@H](C)O)C(=O)N[C@@H](CCC(=O)O)C(=O)N[C@@H](Cc2ccc(C(=O)O)cc2)C(=O)N[C@@H](Cc2c[nH]c3ccccc23)C(=O)CN[C@@H](C)C(=O)CC(=O)[C@H](CCC(N)=O)NN[C@@H](CC2CCC2)C(=O)N1)C(=O)N[C@H](C)C(N)=O. The van der Waals surface area contributed by atoms with E-state index in [9.17, 15) is 77.6 Å². The molecule has 0 saturated heterocycles. The Labute approximate surface area is 817 Å². The lowest BCUT2D eigenvalue weighted by molar-refractivity contribution is -0.140.